The Kier molecular flexibility index (Phi) is 6.82. The first-order valence-corrected chi connectivity index (χ1v) is 10.4. The first-order valence-electron chi connectivity index (χ1n) is 10.00. The van der Waals surface area contributed by atoms with Gasteiger partial charge < -0.3 is 15.2 Å². The molecular formula is C23H12ClF7N4O2. The molecular weight excluding hydrogens is 533 g/mol. The standard InChI is InChI=1S/C23H12ClF7N4O2/c24-16-5-3-12(8-14(16)22(26,27)28)36-20-18(32)21(35-19(34-20)11-2-1-7-33-10-11)37-13-4-6-17(25)15(9-13)23(29,30)31/h1-10H,32H2. The zero-order valence-corrected chi connectivity index (χ0v) is 18.8. The summed E-state index contributed by atoms with van der Waals surface area (Å²) in [6.07, 6.45) is -7.02. The van der Waals surface area contributed by atoms with Crippen molar-refractivity contribution in [1.82, 2.24) is 15.0 Å². The average Bonchev–Trinajstić information content (AvgIpc) is 2.83. The zero-order chi connectivity index (χ0) is 27.0. The maximum absolute atomic E-state index is 13.7. The highest BCUT2D eigenvalue weighted by atomic mass is 35.5. The molecule has 0 atom stereocenters. The van der Waals surface area contributed by atoms with Crippen LogP contribution in [0.1, 0.15) is 11.1 Å². The summed E-state index contributed by atoms with van der Waals surface area (Å²) in [6.45, 7) is 0. The van der Waals surface area contributed by atoms with E-state index in [4.69, 9.17) is 26.8 Å². The topological polar surface area (TPSA) is 83.2 Å². The number of benzene rings is 2. The van der Waals surface area contributed by atoms with Crippen molar-refractivity contribution in [3.8, 4) is 34.6 Å². The molecule has 0 aliphatic carbocycles. The van der Waals surface area contributed by atoms with E-state index in [9.17, 15) is 30.7 Å². The summed E-state index contributed by atoms with van der Waals surface area (Å²) in [4.78, 5) is 12.1. The predicted octanol–water partition coefficient (Wildman–Crippen LogP) is 7.54. The number of hydrogen-bond donors (Lipinski definition) is 1. The van der Waals surface area contributed by atoms with E-state index in [1.807, 2.05) is 0 Å². The van der Waals surface area contributed by atoms with Gasteiger partial charge in [-0.05, 0) is 48.5 Å². The van der Waals surface area contributed by atoms with E-state index >= 15 is 0 Å². The Balaban J connectivity index is 1.80. The number of halogens is 8. The second-order valence-corrected chi connectivity index (χ2v) is 7.70. The highest BCUT2D eigenvalue weighted by Crippen LogP contribution is 2.41. The van der Waals surface area contributed by atoms with Gasteiger partial charge in [-0.2, -0.15) is 36.3 Å². The van der Waals surface area contributed by atoms with Crippen LogP contribution in [0.15, 0.2) is 60.9 Å². The van der Waals surface area contributed by atoms with Crippen molar-refractivity contribution in [3.05, 3.63) is 82.9 Å². The van der Waals surface area contributed by atoms with Crippen molar-refractivity contribution in [2.75, 3.05) is 5.73 Å². The average molecular weight is 545 g/mol. The number of nitrogen functional groups attached to an aromatic ring is 1. The lowest BCUT2D eigenvalue weighted by Crippen LogP contribution is -2.09. The normalized spacial score (nSPS) is 11.9. The van der Waals surface area contributed by atoms with Gasteiger partial charge in [-0.3, -0.25) is 4.98 Å². The zero-order valence-electron chi connectivity index (χ0n) is 18.0. The minimum absolute atomic E-state index is 0.129. The van der Waals surface area contributed by atoms with E-state index in [-0.39, 0.29) is 11.6 Å². The van der Waals surface area contributed by atoms with Crippen LogP contribution in [-0.2, 0) is 12.4 Å². The summed E-state index contributed by atoms with van der Waals surface area (Å²) >= 11 is 5.63. The van der Waals surface area contributed by atoms with E-state index in [0.717, 1.165) is 18.2 Å². The molecule has 0 aliphatic heterocycles. The third kappa shape index (κ3) is 5.82. The summed E-state index contributed by atoms with van der Waals surface area (Å²) in [5, 5.41) is -0.577. The van der Waals surface area contributed by atoms with Crippen molar-refractivity contribution in [2.45, 2.75) is 12.4 Å². The molecule has 2 aromatic carbocycles. The van der Waals surface area contributed by atoms with Gasteiger partial charge in [-0.15, -0.1) is 0 Å². The fourth-order valence-electron chi connectivity index (χ4n) is 3.00. The third-order valence-corrected chi connectivity index (χ3v) is 5.04. The van der Waals surface area contributed by atoms with Crippen LogP contribution in [0.3, 0.4) is 0 Å². The van der Waals surface area contributed by atoms with Gasteiger partial charge in [0.2, 0.25) is 5.88 Å². The third-order valence-electron chi connectivity index (χ3n) is 4.71. The molecule has 4 rings (SSSR count). The van der Waals surface area contributed by atoms with Crippen molar-refractivity contribution < 1.29 is 40.2 Å². The van der Waals surface area contributed by atoms with Crippen LogP contribution >= 0.6 is 11.6 Å². The molecule has 0 aliphatic rings. The number of anilines is 1. The molecule has 14 heteroatoms. The number of ether oxygens (including phenoxy) is 2. The van der Waals surface area contributed by atoms with E-state index in [1.165, 1.54) is 24.5 Å². The van der Waals surface area contributed by atoms with Crippen LogP contribution in [0.5, 0.6) is 23.3 Å². The Morgan fingerprint density at radius 3 is 1.89 bits per heavy atom. The van der Waals surface area contributed by atoms with Crippen LogP contribution in [0.2, 0.25) is 5.02 Å². The Labute approximate surface area is 208 Å². The van der Waals surface area contributed by atoms with Crippen molar-refractivity contribution in [3.63, 3.8) is 0 Å². The fourth-order valence-corrected chi connectivity index (χ4v) is 3.23. The van der Waals surface area contributed by atoms with Gasteiger partial charge in [0.15, 0.2) is 11.5 Å². The van der Waals surface area contributed by atoms with Gasteiger partial charge in [0.25, 0.3) is 5.88 Å². The lowest BCUT2D eigenvalue weighted by Gasteiger charge is -2.15. The maximum atomic E-state index is 13.7. The Hall–Kier alpha value is -4.13. The number of rotatable bonds is 5. The number of nitrogens with zero attached hydrogens (tertiary/aromatic N) is 3. The predicted molar refractivity (Wildman–Crippen MR) is 118 cm³/mol. The first kappa shape index (κ1) is 25.9. The number of alkyl halides is 6. The van der Waals surface area contributed by atoms with Crippen LogP contribution in [-0.4, -0.2) is 15.0 Å². The van der Waals surface area contributed by atoms with Gasteiger partial charge in [0.1, 0.15) is 17.3 Å². The first-order chi connectivity index (χ1) is 17.3. The van der Waals surface area contributed by atoms with Crippen molar-refractivity contribution in [1.29, 1.82) is 0 Å². The van der Waals surface area contributed by atoms with Crippen molar-refractivity contribution in [2.24, 2.45) is 0 Å². The highest BCUT2D eigenvalue weighted by Gasteiger charge is 2.35. The molecule has 4 aromatic rings. The van der Waals surface area contributed by atoms with Gasteiger partial charge in [0, 0.05) is 18.0 Å². The summed E-state index contributed by atoms with van der Waals surface area (Å²) < 4.78 is 104. The Bertz CT molecular complexity index is 1360. The quantitative estimate of drug-likeness (QED) is 0.261. The van der Waals surface area contributed by atoms with E-state index in [1.54, 1.807) is 0 Å². The Morgan fingerprint density at radius 2 is 1.35 bits per heavy atom. The Morgan fingerprint density at radius 1 is 0.784 bits per heavy atom. The van der Waals surface area contributed by atoms with Gasteiger partial charge in [-0.25, -0.2) is 4.39 Å². The van der Waals surface area contributed by atoms with E-state index in [0.29, 0.717) is 23.8 Å². The van der Waals surface area contributed by atoms with Crippen LogP contribution in [0.4, 0.5) is 36.4 Å². The molecule has 0 saturated heterocycles. The van der Waals surface area contributed by atoms with Gasteiger partial charge in [-0.1, -0.05) is 11.6 Å². The lowest BCUT2D eigenvalue weighted by atomic mass is 10.2. The molecule has 0 spiro atoms. The molecule has 0 unspecified atom stereocenters. The molecule has 6 nitrogen and oxygen atoms in total. The molecule has 192 valence electrons. The second-order valence-electron chi connectivity index (χ2n) is 7.30. The van der Waals surface area contributed by atoms with Gasteiger partial charge in [0.05, 0.1) is 16.1 Å². The molecule has 0 saturated carbocycles. The summed E-state index contributed by atoms with van der Waals surface area (Å²) in [6, 6.07) is 7.59. The number of nitrogens with two attached hydrogens (primary N) is 1. The van der Waals surface area contributed by atoms with Crippen molar-refractivity contribution >= 4 is 17.3 Å². The maximum Gasteiger partial charge on any atom is 0.419 e. The SMILES string of the molecule is Nc1c(Oc2ccc(F)c(C(F)(F)F)c2)nc(-c2cccnc2)nc1Oc1ccc(Cl)c(C(F)(F)F)c1. The molecule has 2 N–H and O–H groups in total. The van der Waals surface area contributed by atoms with Crippen LogP contribution in [0, 0.1) is 5.82 Å². The molecule has 0 bridgehead atoms. The molecule has 2 aromatic heterocycles. The van der Waals surface area contributed by atoms with E-state index < -0.39 is 57.5 Å². The highest BCUT2D eigenvalue weighted by molar-refractivity contribution is 6.31. The molecule has 0 radical (unpaired) electrons. The summed E-state index contributed by atoms with van der Waals surface area (Å²) in [5.74, 6) is -3.47. The fraction of sp³-hybridized carbons (Fsp3) is 0.0870. The number of hydrogen-bond acceptors (Lipinski definition) is 6. The minimum atomic E-state index is -5.01. The minimum Gasteiger partial charge on any atom is -0.437 e. The molecule has 2 heterocycles. The second kappa shape index (κ2) is 9.73. The van der Waals surface area contributed by atoms with Gasteiger partial charge >= 0.3 is 12.4 Å². The number of aromatic nitrogens is 3. The van der Waals surface area contributed by atoms with Crippen LogP contribution < -0.4 is 15.2 Å². The molecule has 37 heavy (non-hydrogen) atoms. The van der Waals surface area contributed by atoms with E-state index in [2.05, 4.69) is 15.0 Å². The largest absolute Gasteiger partial charge is 0.437 e. The molecule has 0 fully saturated rings. The summed E-state index contributed by atoms with van der Waals surface area (Å²) in [7, 11) is 0. The smallest absolute Gasteiger partial charge is 0.419 e. The lowest BCUT2D eigenvalue weighted by molar-refractivity contribution is -0.140. The monoisotopic (exact) mass is 544 g/mol. The van der Waals surface area contributed by atoms with Crippen LogP contribution in [0.25, 0.3) is 11.4 Å². The number of pyridine rings is 1. The summed E-state index contributed by atoms with van der Waals surface area (Å²) in [5.41, 5.74) is 3.04. The molecule has 0 amide bonds.